The Morgan fingerprint density at radius 2 is 1.71 bits per heavy atom. The topological polar surface area (TPSA) is 54.8 Å². The third-order valence-electron chi connectivity index (χ3n) is 7.28. The highest BCUT2D eigenvalue weighted by Gasteiger charge is 2.29. The van der Waals surface area contributed by atoms with Crippen molar-refractivity contribution in [1.82, 2.24) is 14.4 Å². The highest BCUT2D eigenvalue weighted by atomic mass is 19.1. The maximum absolute atomic E-state index is 14.5. The predicted octanol–water partition coefficient (Wildman–Crippen LogP) is 5.52. The Bertz CT molecular complexity index is 1170. The molecule has 1 aliphatic carbocycles. The molecule has 0 spiro atoms. The molecule has 0 atom stereocenters. The molecule has 7 heteroatoms. The number of amides is 2. The molecule has 1 aromatic heterocycles. The largest absolute Gasteiger partial charge is 0.385 e. The van der Waals surface area contributed by atoms with Crippen LogP contribution in [0.2, 0.25) is 0 Å². The van der Waals surface area contributed by atoms with E-state index in [9.17, 15) is 14.0 Å². The first-order chi connectivity index (χ1) is 18.6. The van der Waals surface area contributed by atoms with Crippen LogP contribution in [0.1, 0.15) is 60.1 Å². The minimum absolute atomic E-state index is 0.0151. The van der Waals surface area contributed by atoms with Crippen LogP contribution >= 0.6 is 0 Å². The summed E-state index contributed by atoms with van der Waals surface area (Å²) in [5.41, 5.74) is 2.23. The van der Waals surface area contributed by atoms with Crippen molar-refractivity contribution in [2.24, 2.45) is 0 Å². The van der Waals surface area contributed by atoms with Crippen molar-refractivity contribution >= 4 is 11.8 Å². The fourth-order valence-electron chi connectivity index (χ4n) is 5.23. The van der Waals surface area contributed by atoms with E-state index in [0.717, 1.165) is 37.9 Å². The molecule has 0 N–H and O–H groups in total. The van der Waals surface area contributed by atoms with Gasteiger partial charge in [-0.2, -0.15) is 0 Å². The second-order valence-electron chi connectivity index (χ2n) is 9.98. The van der Waals surface area contributed by atoms with Crippen molar-refractivity contribution in [2.45, 2.75) is 57.7 Å². The Morgan fingerprint density at radius 3 is 2.45 bits per heavy atom. The molecule has 0 aliphatic heterocycles. The molecule has 202 valence electrons. The van der Waals surface area contributed by atoms with Crippen molar-refractivity contribution < 1.29 is 18.7 Å². The maximum atomic E-state index is 14.5. The van der Waals surface area contributed by atoms with Crippen molar-refractivity contribution in [2.75, 3.05) is 26.8 Å². The molecule has 1 fully saturated rings. The van der Waals surface area contributed by atoms with E-state index in [1.165, 1.54) is 29.0 Å². The van der Waals surface area contributed by atoms with Gasteiger partial charge in [-0.25, -0.2) is 4.39 Å². The second kappa shape index (κ2) is 13.9. The van der Waals surface area contributed by atoms with E-state index in [4.69, 9.17) is 4.74 Å². The van der Waals surface area contributed by atoms with Crippen LogP contribution in [0.5, 0.6) is 0 Å². The van der Waals surface area contributed by atoms with E-state index in [-0.39, 0.29) is 24.1 Å². The molecule has 1 aliphatic rings. The molecule has 3 aromatic rings. The maximum Gasteiger partial charge on any atom is 0.257 e. The number of ether oxygens (including phenoxy) is 1. The number of carbonyl (C=O) groups excluding carboxylic acids is 2. The quantitative estimate of drug-likeness (QED) is 0.296. The number of rotatable bonds is 12. The van der Waals surface area contributed by atoms with Gasteiger partial charge in [0.25, 0.3) is 5.91 Å². The molecule has 2 aromatic carbocycles. The Labute approximate surface area is 225 Å². The van der Waals surface area contributed by atoms with Gasteiger partial charge in [0.1, 0.15) is 12.4 Å². The SMILES string of the molecule is COCCCN(CC(=O)N(Cc1cccn1Cc1ccccc1)C1CCCCC1)C(=O)c1ccccc1F. The first-order valence-electron chi connectivity index (χ1n) is 13.6. The van der Waals surface area contributed by atoms with Crippen LogP contribution in [0.3, 0.4) is 0 Å². The van der Waals surface area contributed by atoms with E-state index < -0.39 is 11.7 Å². The average Bonchev–Trinajstić information content (AvgIpc) is 3.38. The monoisotopic (exact) mass is 519 g/mol. The third kappa shape index (κ3) is 7.32. The molecule has 4 rings (SSSR count). The van der Waals surface area contributed by atoms with Crippen molar-refractivity contribution in [3.8, 4) is 0 Å². The highest BCUT2D eigenvalue weighted by Crippen LogP contribution is 2.25. The summed E-state index contributed by atoms with van der Waals surface area (Å²) in [4.78, 5) is 30.7. The van der Waals surface area contributed by atoms with Crippen LogP contribution in [-0.2, 0) is 22.6 Å². The van der Waals surface area contributed by atoms with Gasteiger partial charge in [-0.3, -0.25) is 9.59 Å². The normalized spacial score (nSPS) is 13.8. The first-order valence-corrected chi connectivity index (χ1v) is 13.6. The predicted molar refractivity (Wildman–Crippen MR) is 146 cm³/mol. The third-order valence-corrected chi connectivity index (χ3v) is 7.28. The number of benzene rings is 2. The van der Waals surface area contributed by atoms with Crippen molar-refractivity contribution in [1.29, 1.82) is 0 Å². The Hall–Kier alpha value is -3.45. The standard InChI is InChI=1S/C31H38FN3O3/c1-38-21-11-20-34(31(37)28-17-8-9-18-29(28)32)24-30(36)35(26-14-6-3-7-15-26)23-27-16-10-19-33(27)22-25-12-4-2-5-13-25/h2,4-5,8-10,12-13,16-19,26H,3,6-7,11,14-15,20-24H2,1H3. The molecule has 38 heavy (non-hydrogen) atoms. The van der Waals surface area contributed by atoms with Gasteiger partial charge in [0.15, 0.2) is 0 Å². The Balaban J connectivity index is 1.55. The zero-order valence-corrected chi connectivity index (χ0v) is 22.2. The van der Waals surface area contributed by atoms with Gasteiger partial charge in [0, 0.05) is 44.7 Å². The number of aromatic nitrogens is 1. The van der Waals surface area contributed by atoms with Crippen LogP contribution in [0.15, 0.2) is 72.9 Å². The van der Waals surface area contributed by atoms with E-state index in [2.05, 4.69) is 22.8 Å². The van der Waals surface area contributed by atoms with Crippen LogP contribution < -0.4 is 0 Å². The van der Waals surface area contributed by atoms with Crippen molar-refractivity contribution in [3.05, 3.63) is 95.6 Å². The summed E-state index contributed by atoms with van der Waals surface area (Å²) in [7, 11) is 1.60. The molecule has 0 bridgehead atoms. The second-order valence-corrected chi connectivity index (χ2v) is 9.98. The summed E-state index contributed by atoms with van der Waals surface area (Å²) in [6, 6.07) is 20.4. The minimum Gasteiger partial charge on any atom is -0.385 e. The summed E-state index contributed by atoms with van der Waals surface area (Å²) >= 11 is 0. The van der Waals surface area contributed by atoms with E-state index in [1.807, 2.05) is 35.4 Å². The fourth-order valence-corrected chi connectivity index (χ4v) is 5.23. The lowest BCUT2D eigenvalue weighted by molar-refractivity contribution is -0.135. The van der Waals surface area contributed by atoms with E-state index >= 15 is 0 Å². The lowest BCUT2D eigenvalue weighted by Gasteiger charge is -2.36. The van der Waals surface area contributed by atoms with Gasteiger partial charge in [-0.1, -0.05) is 61.7 Å². The van der Waals surface area contributed by atoms with Crippen LogP contribution in [-0.4, -0.2) is 59.0 Å². The molecule has 2 amide bonds. The summed E-state index contributed by atoms with van der Waals surface area (Å²) in [6.07, 6.45) is 7.87. The Kier molecular flexibility index (Phi) is 10.1. The molecule has 6 nitrogen and oxygen atoms in total. The van der Waals surface area contributed by atoms with E-state index in [0.29, 0.717) is 26.1 Å². The van der Waals surface area contributed by atoms with Gasteiger partial charge in [0.05, 0.1) is 12.1 Å². The Morgan fingerprint density at radius 1 is 0.974 bits per heavy atom. The molecule has 0 radical (unpaired) electrons. The van der Waals surface area contributed by atoms with Gasteiger partial charge in [-0.05, 0) is 49.1 Å². The summed E-state index contributed by atoms with van der Waals surface area (Å²) in [6.45, 7) is 1.88. The van der Waals surface area contributed by atoms with Gasteiger partial charge >= 0.3 is 0 Å². The summed E-state index contributed by atoms with van der Waals surface area (Å²) in [5.74, 6) is -1.15. The first kappa shape index (κ1) is 27.6. The molecule has 1 heterocycles. The molecular weight excluding hydrogens is 481 g/mol. The number of hydrogen-bond acceptors (Lipinski definition) is 3. The summed E-state index contributed by atoms with van der Waals surface area (Å²) < 4.78 is 21.8. The lowest BCUT2D eigenvalue weighted by Crippen LogP contribution is -2.48. The highest BCUT2D eigenvalue weighted by molar-refractivity contribution is 5.96. The number of carbonyl (C=O) groups is 2. The zero-order chi connectivity index (χ0) is 26.7. The number of methoxy groups -OCH3 is 1. The minimum atomic E-state index is -0.579. The number of hydrogen-bond donors (Lipinski definition) is 0. The molecule has 1 saturated carbocycles. The van der Waals surface area contributed by atoms with Gasteiger partial charge < -0.3 is 19.1 Å². The number of nitrogens with zero attached hydrogens (tertiary/aromatic N) is 3. The number of halogens is 1. The summed E-state index contributed by atoms with van der Waals surface area (Å²) in [5, 5.41) is 0. The smallest absolute Gasteiger partial charge is 0.257 e. The lowest BCUT2D eigenvalue weighted by atomic mass is 9.94. The molecule has 0 unspecified atom stereocenters. The molecule has 0 saturated heterocycles. The van der Waals surface area contributed by atoms with Crippen LogP contribution in [0.25, 0.3) is 0 Å². The van der Waals surface area contributed by atoms with Gasteiger partial charge in [0.2, 0.25) is 5.91 Å². The molecular formula is C31H38FN3O3. The fraction of sp³-hybridized carbons (Fsp3) is 0.419. The average molecular weight is 520 g/mol. The van der Waals surface area contributed by atoms with Crippen LogP contribution in [0.4, 0.5) is 4.39 Å². The van der Waals surface area contributed by atoms with Gasteiger partial charge in [-0.15, -0.1) is 0 Å². The van der Waals surface area contributed by atoms with Crippen LogP contribution in [0, 0.1) is 5.82 Å². The van der Waals surface area contributed by atoms with E-state index in [1.54, 1.807) is 19.2 Å². The van der Waals surface area contributed by atoms with Crippen molar-refractivity contribution in [3.63, 3.8) is 0 Å². The zero-order valence-electron chi connectivity index (χ0n) is 22.2.